The molecule has 0 fully saturated rings. The average molecular weight is 243 g/mol. The van der Waals surface area contributed by atoms with Crippen molar-refractivity contribution in [2.24, 2.45) is 0 Å². The third kappa shape index (κ3) is 2.37. The molecule has 0 saturated carbocycles. The van der Waals surface area contributed by atoms with Crippen LogP contribution in [0.3, 0.4) is 0 Å². The van der Waals surface area contributed by atoms with Crippen LogP contribution in [-0.2, 0) is 0 Å². The lowest BCUT2D eigenvalue weighted by Crippen LogP contribution is -2.12. The fourth-order valence-corrected chi connectivity index (χ4v) is 1.70. The van der Waals surface area contributed by atoms with Gasteiger partial charge in [0.25, 0.3) is 0 Å². The van der Waals surface area contributed by atoms with Gasteiger partial charge in [-0.05, 0) is 31.2 Å². The first-order chi connectivity index (χ1) is 8.61. The minimum atomic E-state index is 0.706. The first-order valence-corrected chi connectivity index (χ1v) is 5.72. The molecular weight excluding hydrogens is 226 g/mol. The lowest BCUT2D eigenvalue weighted by atomic mass is 10.2. The molecule has 4 heteroatoms. The van der Waals surface area contributed by atoms with Gasteiger partial charge in [-0.25, -0.2) is 4.98 Å². The van der Waals surface area contributed by atoms with Crippen LogP contribution in [0.1, 0.15) is 5.69 Å². The molecule has 2 rings (SSSR count). The van der Waals surface area contributed by atoms with E-state index in [1.165, 1.54) is 0 Å². The molecule has 0 aliphatic heterocycles. The Hall–Kier alpha value is -2.23. The predicted octanol–water partition coefficient (Wildman–Crippen LogP) is 2.75. The molecule has 0 radical (unpaired) electrons. The zero-order chi connectivity index (χ0) is 13.1. The lowest BCUT2D eigenvalue weighted by molar-refractivity contribution is 0.415. The summed E-state index contributed by atoms with van der Waals surface area (Å²) in [4.78, 5) is 6.46. The number of aromatic nitrogens is 1. The van der Waals surface area contributed by atoms with E-state index in [4.69, 9.17) is 10.5 Å². The van der Waals surface area contributed by atoms with Crippen molar-refractivity contribution in [3.63, 3.8) is 0 Å². The number of rotatable bonds is 3. The SMILES string of the molecule is COc1cccc(N(C)c2ccc(N)c(C)n2)c1. The molecule has 1 heterocycles. The van der Waals surface area contributed by atoms with E-state index in [9.17, 15) is 0 Å². The van der Waals surface area contributed by atoms with E-state index < -0.39 is 0 Å². The minimum absolute atomic E-state index is 0.706. The van der Waals surface area contributed by atoms with Gasteiger partial charge in [0, 0.05) is 18.8 Å². The predicted molar refractivity (Wildman–Crippen MR) is 74.4 cm³/mol. The van der Waals surface area contributed by atoms with Crippen LogP contribution in [0.5, 0.6) is 5.75 Å². The summed E-state index contributed by atoms with van der Waals surface area (Å²) < 4.78 is 5.22. The van der Waals surface area contributed by atoms with Gasteiger partial charge in [0.15, 0.2) is 0 Å². The summed E-state index contributed by atoms with van der Waals surface area (Å²) in [5.74, 6) is 1.68. The van der Waals surface area contributed by atoms with Crippen molar-refractivity contribution in [1.29, 1.82) is 0 Å². The van der Waals surface area contributed by atoms with Crippen molar-refractivity contribution in [2.75, 3.05) is 24.8 Å². The molecule has 2 aromatic rings. The third-order valence-corrected chi connectivity index (χ3v) is 2.90. The van der Waals surface area contributed by atoms with Crippen LogP contribution in [0.2, 0.25) is 0 Å². The zero-order valence-electron chi connectivity index (χ0n) is 10.8. The summed E-state index contributed by atoms with van der Waals surface area (Å²) in [7, 11) is 3.62. The van der Waals surface area contributed by atoms with Crippen LogP contribution < -0.4 is 15.4 Å². The number of hydrogen-bond donors (Lipinski definition) is 1. The molecule has 0 spiro atoms. The monoisotopic (exact) mass is 243 g/mol. The highest BCUT2D eigenvalue weighted by Gasteiger charge is 2.07. The molecule has 1 aromatic carbocycles. The highest BCUT2D eigenvalue weighted by molar-refractivity contribution is 5.62. The second kappa shape index (κ2) is 4.96. The summed E-state index contributed by atoms with van der Waals surface area (Å²) in [6, 6.07) is 11.6. The maximum Gasteiger partial charge on any atom is 0.133 e. The molecule has 0 atom stereocenters. The van der Waals surface area contributed by atoms with Crippen molar-refractivity contribution < 1.29 is 4.74 Å². The Morgan fingerprint density at radius 3 is 2.67 bits per heavy atom. The van der Waals surface area contributed by atoms with Gasteiger partial charge in [-0.3, -0.25) is 0 Å². The zero-order valence-corrected chi connectivity index (χ0v) is 10.8. The molecule has 0 bridgehead atoms. The minimum Gasteiger partial charge on any atom is -0.497 e. The van der Waals surface area contributed by atoms with Crippen molar-refractivity contribution in [3.8, 4) is 5.75 Å². The van der Waals surface area contributed by atoms with E-state index in [0.29, 0.717) is 5.69 Å². The number of nitrogens with two attached hydrogens (primary N) is 1. The average Bonchev–Trinajstić information content (AvgIpc) is 2.41. The Morgan fingerprint density at radius 1 is 1.22 bits per heavy atom. The Balaban J connectivity index is 2.34. The van der Waals surface area contributed by atoms with E-state index in [1.54, 1.807) is 7.11 Å². The molecule has 0 amide bonds. The van der Waals surface area contributed by atoms with Gasteiger partial charge in [0.1, 0.15) is 11.6 Å². The lowest BCUT2D eigenvalue weighted by Gasteiger charge is -2.19. The number of ether oxygens (including phenoxy) is 1. The largest absolute Gasteiger partial charge is 0.497 e. The van der Waals surface area contributed by atoms with E-state index >= 15 is 0 Å². The van der Waals surface area contributed by atoms with Gasteiger partial charge >= 0.3 is 0 Å². The maximum atomic E-state index is 5.77. The molecule has 18 heavy (non-hydrogen) atoms. The van der Waals surface area contributed by atoms with Crippen LogP contribution in [-0.4, -0.2) is 19.1 Å². The van der Waals surface area contributed by atoms with Gasteiger partial charge in [0.05, 0.1) is 18.5 Å². The third-order valence-electron chi connectivity index (χ3n) is 2.90. The number of hydrogen-bond acceptors (Lipinski definition) is 4. The summed E-state index contributed by atoms with van der Waals surface area (Å²) in [6.07, 6.45) is 0. The van der Waals surface area contributed by atoms with Crippen molar-refractivity contribution in [2.45, 2.75) is 6.92 Å². The van der Waals surface area contributed by atoms with Crippen LogP contribution in [0.15, 0.2) is 36.4 Å². The van der Waals surface area contributed by atoms with Crippen LogP contribution in [0.25, 0.3) is 0 Å². The first kappa shape index (κ1) is 12.2. The first-order valence-electron chi connectivity index (χ1n) is 5.72. The van der Waals surface area contributed by atoms with E-state index in [0.717, 1.165) is 22.9 Å². The molecule has 94 valence electrons. The summed E-state index contributed by atoms with van der Waals surface area (Å²) >= 11 is 0. The summed E-state index contributed by atoms with van der Waals surface area (Å²) in [5, 5.41) is 0. The van der Waals surface area contributed by atoms with Crippen LogP contribution in [0, 0.1) is 6.92 Å². The fourth-order valence-electron chi connectivity index (χ4n) is 1.70. The second-order valence-electron chi connectivity index (χ2n) is 4.10. The molecule has 2 N–H and O–H groups in total. The van der Waals surface area contributed by atoms with Crippen LogP contribution in [0.4, 0.5) is 17.2 Å². The van der Waals surface area contributed by atoms with E-state index in [-0.39, 0.29) is 0 Å². The Labute approximate surface area is 107 Å². The van der Waals surface area contributed by atoms with Crippen molar-refractivity contribution >= 4 is 17.2 Å². The Bertz CT molecular complexity index is 554. The number of benzene rings is 1. The van der Waals surface area contributed by atoms with E-state index in [1.807, 2.05) is 55.3 Å². The molecule has 0 saturated heterocycles. The number of aryl methyl sites for hydroxylation is 1. The normalized spacial score (nSPS) is 10.2. The van der Waals surface area contributed by atoms with Gasteiger partial charge in [-0.2, -0.15) is 0 Å². The topological polar surface area (TPSA) is 51.4 Å². The summed E-state index contributed by atoms with van der Waals surface area (Å²) in [6.45, 7) is 1.90. The highest BCUT2D eigenvalue weighted by Crippen LogP contribution is 2.26. The van der Waals surface area contributed by atoms with Crippen LogP contribution >= 0.6 is 0 Å². The molecule has 0 aliphatic carbocycles. The smallest absolute Gasteiger partial charge is 0.133 e. The van der Waals surface area contributed by atoms with Gasteiger partial charge < -0.3 is 15.4 Å². The number of anilines is 3. The molecular formula is C14H17N3O. The fraction of sp³-hybridized carbons (Fsp3) is 0.214. The van der Waals surface area contributed by atoms with Crippen molar-refractivity contribution in [3.05, 3.63) is 42.1 Å². The highest BCUT2D eigenvalue weighted by atomic mass is 16.5. The van der Waals surface area contributed by atoms with Gasteiger partial charge in [-0.15, -0.1) is 0 Å². The Morgan fingerprint density at radius 2 is 2.00 bits per heavy atom. The van der Waals surface area contributed by atoms with Gasteiger partial charge in [-0.1, -0.05) is 6.07 Å². The van der Waals surface area contributed by atoms with E-state index in [2.05, 4.69) is 4.98 Å². The quantitative estimate of drug-likeness (QED) is 0.900. The molecule has 1 aromatic heterocycles. The maximum absolute atomic E-state index is 5.77. The number of pyridine rings is 1. The Kier molecular flexibility index (Phi) is 3.37. The van der Waals surface area contributed by atoms with Gasteiger partial charge in [0.2, 0.25) is 0 Å². The summed E-state index contributed by atoms with van der Waals surface area (Å²) in [5.41, 5.74) is 8.33. The molecule has 0 unspecified atom stereocenters. The number of methoxy groups -OCH3 is 1. The standard InChI is InChI=1S/C14H17N3O/c1-10-13(15)7-8-14(16-10)17(2)11-5-4-6-12(9-11)18-3/h4-9H,15H2,1-3H3. The molecule has 4 nitrogen and oxygen atoms in total. The molecule has 0 aliphatic rings. The second-order valence-corrected chi connectivity index (χ2v) is 4.10. The number of nitrogen functional groups attached to an aromatic ring is 1. The number of nitrogens with zero attached hydrogens (tertiary/aromatic N) is 2. The van der Waals surface area contributed by atoms with Crippen molar-refractivity contribution in [1.82, 2.24) is 4.98 Å².